The molecule has 0 spiro atoms. The second-order valence-corrected chi connectivity index (χ2v) is 3.10. The molecule has 2 aromatic rings. The zero-order valence-corrected chi connectivity index (χ0v) is 7.96. The van der Waals surface area contributed by atoms with Crippen molar-refractivity contribution in [2.45, 2.75) is 0 Å². The molecule has 14 heavy (non-hydrogen) atoms. The van der Waals surface area contributed by atoms with E-state index < -0.39 is 0 Å². The van der Waals surface area contributed by atoms with E-state index in [0.717, 1.165) is 5.69 Å². The van der Waals surface area contributed by atoms with E-state index in [-0.39, 0.29) is 5.75 Å². The molecule has 0 aliphatic rings. The van der Waals surface area contributed by atoms with Crippen LogP contribution in [0.15, 0.2) is 48.8 Å². The highest BCUT2D eigenvalue weighted by molar-refractivity contribution is 5.47. The van der Waals surface area contributed by atoms with E-state index >= 15 is 0 Å². The third-order valence-electron chi connectivity index (χ3n) is 2.16. The van der Waals surface area contributed by atoms with E-state index in [4.69, 9.17) is 5.11 Å². The maximum Gasteiger partial charge on any atom is 0.115 e. The van der Waals surface area contributed by atoms with Gasteiger partial charge in [-0.3, -0.25) is 9.69 Å². The summed E-state index contributed by atoms with van der Waals surface area (Å²) in [5.74, 6) is 0.287. The second-order valence-electron chi connectivity index (χ2n) is 3.10. The molecule has 0 radical (unpaired) electrons. The van der Waals surface area contributed by atoms with Crippen molar-refractivity contribution in [1.29, 1.82) is 0 Å². The molecule has 1 aromatic carbocycles. The van der Waals surface area contributed by atoms with Gasteiger partial charge in [-0.1, -0.05) is 0 Å². The van der Waals surface area contributed by atoms with Crippen molar-refractivity contribution >= 4 is 5.69 Å². The van der Waals surface area contributed by atoms with Crippen molar-refractivity contribution in [2.24, 2.45) is 0 Å². The van der Waals surface area contributed by atoms with Crippen LogP contribution in [0.4, 0.5) is 5.69 Å². The average Bonchev–Trinajstić information content (AvgIpc) is 2.71. The van der Waals surface area contributed by atoms with E-state index in [2.05, 4.69) is 0 Å². The van der Waals surface area contributed by atoms with Crippen LogP contribution < -0.4 is 5.01 Å². The fourth-order valence-corrected chi connectivity index (χ4v) is 1.33. The monoisotopic (exact) mass is 188 g/mol. The van der Waals surface area contributed by atoms with Crippen LogP contribution in [0.2, 0.25) is 0 Å². The molecule has 72 valence electrons. The molecule has 0 aliphatic heterocycles. The number of hydrogen-bond donors (Lipinski definition) is 1. The Labute approximate surface area is 82.8 Å². The van der Waals surface area contributed by atoms with Gasteiger partial charge in [-0.2, -0.15) is 0 Å². The smallest absolute Gasteiger partial charge is 0.115 e. The fourth-order valence-electron chi connectivity index (χ4n) is 1.33. The highest BCUT2D eigenvalue weighted by Crippen LogP contribution is 2.17. The number of aromatic hydroxyl groups is 1. The maximum atomic E-state index is 9.14. The van der Waals surface area contributed by atoms with E-state index in [1.54, 1.807) is 12.1 Å². The molecule has 0 atom stereocenters. The van der Waals surface area contributed by atoms with Crippen molar-refractivity contribution in [2.75, 3.05) is 12.1 Å². The van der Waals surface area contributed by atoms with Crippen LogP contribution in [0.1, 0.15) is 0 Å². The summed E-state index contributed by atoms with van der Waals surface area (Å²) in [6, 6.07) is 11.0. The Morgan fingerprint density at radius 3 is 2.21 bits per heavy atom. The highest BCUT2D eigenvalue weighted by atomic mass is 16.3. The Bertz CT molecular complexity index is 392. The summed E-state index contributed by atoms with van der Waals surface area (Å²) in [7, 11) is 1.96. The van der Waals surface area contributed by atoms with Gasteiger partial charge in [0.05, 0.1) is 5.69 Å². The molecule has 0 saturated heterocycles. The molecule has 0 amide bonds. The van der Waals surface area contributed by atoms with Gasteiger partial charge in [0.25, 0.3) is 0 Å². The number of hydrogen-bond acceptors (Lipinski definition) is 2. The van der Waals surface area contributed by atoms with Crippen molar-refractivity contribution in [3.8, 4) is 5.75 Å². The third kappa shape index (κ3) is 1.57. The Hall–Kier alpha value is -1.90. The topological polar surface area (TPSA) is 28.4 Å². The van der Waals surface area contributed by atoms with Gasteiger partial charge in [0, 0.05) is 19.4 Å². The largest absolute Gasteiger partial charge is 0.508 e. The summed E-state index contributed by atoms with van der Waals surface area (Å²) in [6.07, 6.45) is 3.93. The van der Waals surface area contributed by atoms with Gasteiger partial charge in [0.2, 0.25) is 0 Å². The summed E-state index contributed by atoms with van der Waals surface area (Å²) in [5, 5.41) is 11.1. The summed E-state index contributed by atoms with van der Waals surface area (Å²) >= 11 is 0. The molecular weight excluding hydrogens is 176 g/mol. The molecule has 1 N–H and O–H groups in total. The van der Waals surface area contributed by atoms with Gasteiger partial charge >= 0.3 is 0 Å². The van der Waals surface area contributed by atoms with E-state index in [1.165, 1.54) is 0 Å². The lowest BCUT2D eigenvalue weighted by Crippen LogP contribution is -2.22. The van der Waals surface area contributed by atoms with Crippen LogP contribution in [0.25, 0.3) is 0 Å². The number of nitrogens with zero attached hydrogens (tertiary/aromatic N) is 2. The highest BCUT2D eigenvalue weighted by Gasteiger charge is 2.00. The number of phenolic OH excluding ortho intramolecular Hbond substituents is 1. The molecule has 0 bridgehead atoms. The molecule has 0 saturated carbocycles. The molecule has 0 fully saturated rings. The summed E-state index contributed by atoms with van der Waals surface area (Å²) < 4.78 is 1.96. The van der Waals surface area contributed by atoms with Crippen LogP contribution >= 0.6 is 0 Å². The predicted molar refractivity (Wildman–Crippen MR) is 56.3 cm³/mol. The summed E-state index contributed by atoms with van der Waals surface area (Å²) in [5.41, 5.74) is 1.03. The molecule has 0 aliphatic carbocycles. The number of phenols is 1. The summed E-state index contributed by atoms with van der Waals surface area (Å²) in [6.45, 7) is 0. The Morgan fingerprint density at radius 2 is 1.64 bits per heavy atom. The Balaban J connectivity index is 2.28. The minimum atomic E-state index is 0.287. The number of anilines is 1. The number of benzene rings is 1. The van der Waals surface area contributed by atoms with Gasteiger partial charge in [-0.25, -0.2) is 0 Å². The van der Waals surface area contributed by atoms with Crippen molar-refractivity contribution in [1.82, 2.24) is 4.68 Å². The molecule has 2 rings (SSSR count). The first-order chi connectivity index (χ1) is 6.77. The van der Waals surface area contributed by atoms with Crippen molar-refractivity contribution < 1.29 is 5.11 Å². The molecule has 3 heteroatoms. The Kier molecular flexibility index (Phi) is 2.14. The lowest BCUT2D eigenvalue weighted by Gasteiger charge is -2.20. The van der Waals surface area contributed by atoms with Gasteiger partial charge in [0.15, 0.2) is 0 Å². The van der Waals surface area contributed by atoms with Crippen LogP contribution in [0, 0.1) is 0 Å². The molecule has 1 heterocycles. The number of aromatic nitrogens is 1. The maximum absolute atomic E-state index is 9.14. The third-order valence-corrected chi connectivity index (χ3v) is 2.16. The molecule has 1 aromatic heterocycles. The second kappa shape index (κ2) is 3.46. The minimum absolute atomic E-state index is 0.287. The van der Waals surface area contributed by atoms with E-state index in [0.29, 0.717) is 0 Å². The predicted octanol–water partition coefficient (Wildman–Crippen LogP) is 2.09. The van der Waals surface area contributed by atoms with Crippen molar-refractivity contribution in [3.05, 3.63) is 48.8 Å². The minimum Gasteiger partial charge on any atom is -0.508 e. The van der Waals surface area contributed by atoms with Crippen LogP contribution in [0.5, 0.6) is 5.75 Å². The van der Waals surface area contributed by atoms with Crippen LogP contribution in [-0.2, 0) is 0 Å². The molecule has 0 unspecified atom stereocenters. The first-order valence-electron chi connectivity index (χ1n) is 4.43. The SMILES string of the molecule is CN(c1ccc(O)cc1)n1cccc1. The van der Waals surface area contributed by atoms with Crippen molar-refractivity contribution in [3.63, 3.8) is 0 Å². The lowest BCUT2D eigenvalue weighted by molar-refractivity contribution is 0.475. The first kappa shape index (κ1) is 8.69. The zero-order valence-electron chi connectivity index (χ0n) is 7.96. The fraction of sp³-hybridized carbons (Fsp3) is 0.0909. The van der Waals surface area contributed by atoms with E-state index in [1.807, 2.05) is 53.4 Å². The quantitative estimate of drug-likeness (QED) is 0.781. The lowest BCUT2D eigenvalue weighted by atomic mass is 10.3. The van der Waals surface area contributed by atoms with E-state index in [9.17, 15) is 0 Å². The zero-order chi connectivity index (χ0) is 9.97. The normalized spacial score (nSPS) is 10.1. The first-order valence-corrected chi connectivity index (χ1v) is 4.43. The average molecular weight is 188 g/mol. The van der Waals surface area contributed by atoms with Gasteiger partial charge in [-0.05, 0) is 36.4 Å². The van der Waals surface area contributed by atoms with Gasteiger partial charge in [-0.15, -0.1) is 0 Å². The van der Waals surface area contributed by atoms with Crippen LogP contribution in [0.3, 0.4) is 0 Å². The molecular formula is C11H12N2O. The standard InChI is InChI=1S/C11H12N2O/c1-12(13-8-2-3-9-13)10-4-6-11(14)7-5-10/h2-9,14H,1H3. The number of rotatable bonds is 2. The summed E-state index contributed by atoms with van der Waals surface area (Å²) in [4.78, 5) is 0. The Morgan fingerprint density at radius 1 is 1.07 bits per heavy atom. The van der Waals surface area contributed by atoms with Gasteiger partial charge < -0.3 is 5.11 Å². The van der Waals surface area contributed by atoms with Gasteiger partial charge in [0.1, 0.15) is 5.75 Å². The van der Waals surface area contributed by atoms with Crippen LogP contribution in [-0.4, -0.2) is 16.8 Å². The molecule has 3 nitrogen and oxygen atoms in total.